The van der Waals surface area contributed by atoms with Gasteiger partial charge in [0.25, 0.3) is 5.56 Å². The van der Waals surface area contributed by atoms with Gasteiger partial charge in [0, 0.05) is 18.2 Å². The summed E-state index contributed by atoms with van der Waals surface area (Å²) in [6.07, 6.45) is 1.84. The number of nitrogens with one attached hydrogen (secondary N) is 2. The van der Waals surface area contributed by atoms with E-state index in [0.717, 1.165) is 18.2 Å². The highest BCUT2D eigenvalue weighted by Crippen LogP contribution is 2.07. The first-order valence-electron chi connectivity index (χ1n) is 6.06. The Labute approximate surface area is 119 Å². The topological polar surface area (TPSA) is 118 Å². The third-order valence-corrected chi connectivity index (χ3v) is 1.95. The van der Waals surface area contributed by atoms with Gasteiger partial charge in [-0.15, -0.1) is 0 Å². The highest BCUT2D eigenvalue weighted by Gasteiger charge is 2.14. The van der Waals surface area contributed by atoms with Crippen LogP contribution in [0.1, 0.15) is 26.5 Å². The molecule has 0 aliphatic carbocycles. The predicted octanol–water partition coefficient (Wildman–Crippen LogP) is 0.00430. The molecule has 0 fully saturated rings. The van der Waals surface area contributed by atoms with E-state index in [4.69, 9.17) is 9.47 Å². The summed E-state index contributed by atoms with van der Waals surface area (Å²) in [5.74, 6) is -1.48. The van der Waals surface area contributed by atoms with Crippen LogP contribution in [0.25, 0.3) is 0 Å². The molecule has 1 rings (SSSR count). The number of aromatic amines is 2. The third-order valence-electron chi connectivity index (χ3n) is 1.95. The normalized spacial score (nSPS) is 11.4. The monoisotopic (exact) mass is 296 g/mol. The third kappa shape index (κ3) is 6.90. The molecule has 0 aliphatic heterocycles. The Bertz CT molecular complexity index is 634. The Kier molecular flexibility index (Phi) is 5.23. The Morgan fingerprint density at radius 2 is 1.76 bits per heavy atom. The first-order chi connectivity index (χ1) is 9.65. The second-order valence-electron chi connectivity index (χ2n) is 5.09. The zero-order valence-electron chi connectivity index (χ0n) is 11.9. The molecule has 1 aromatic rings. The summed E-state index contributed by atoms with van der Waals surface area (Å²) in [6.45, 7) is 4.79. The van der Waals surface area contributed by atoms with Crippen molar-refractivity contribution < 1.29 is 19.1 Å². The van der Waals surface area contributed by atoms with Gasteiger partial charge >= 0.3 is 17.6 Å². The molecular weight excluding hydrogens is 280 g/mol. The molecule has 8 heteroatoms. The van der Waals surface area contributed by atoms with Crippen LogP contribution >= 0.6 is 0 Å². The molecule has 114 valence electrons. The molecule has 0 radical (unpaired) electrons. The molecule has 0 atom stereocenters. The van der Waals surface area contributed by atoms with Gasteiger partial charge in [0.05, 0.1) is 5.69 Å². The van der Waals surface area contributed by atoms with Gasteiger partial charge in [-0.1, -0.05) is 0 Å². The summed E-state index contributed by atoms with van der Waals surface area (Å²) in [7, 11) is 0. The standard InChI is InChI=1S/C13H16N2O6/c1-13(2,3)21-11(18)5-4-10(17)20-7-8-6-9(16)15-12(19)14-8/h4-6H,7H2,1-3H3,(H2,14,15,16,19)/b5-4+. The summed E-state index contributed by atoms with van der Waals surface area (Å²) >= 11 is 0. The Morgan fingerprint density at radius 3 is 2.33 bits per heavy atom. The minimum Gasteiger partial charge on any atom is -0.457 e. The van der Waals surface area contributed by atoms with Crippen molar-refractivity contribution in [2.45, 2.75) is 33.0 Å². The first kappa shape index (κ1) is 16.4. The van der Waals surface area contributed by atoms with Crippen molar-refractivity contribution in [2.24, 2.45) is 0 Å². The van der Waals surface area contributed by atoms with E-state index in [0.29, 0.717) is 0 Å². The molecule has 1 aromatic heterocycles. The fourth-order valence-corrected chi connectivity index (χ4v) is 1.27. The minimum absolute atomic E-state index is 0.141. The van der Waals surface area contributed by atoms with Gasteiger partial charge in [0.15, 0.2) is 0 Å². The molecule has 2 N–H and O–H groups in total. The SMILES string of the molecule is CC(C)(C)OC(=O)/C=C/C(=O)OCc1cc(=O)[nH]c(=O)[nH]1. The number of carbonyl (C=O) groups is 2. The zero-order valence-corrected chi connectivity index (χ0v) is 11.9. The van der Waals surface area contributed by atoms with E-state index in [1.165, 1.54) is 0 Å². The molecule has 0 aromatic carbocycles. The van der Waals surface area contributed by atoms with E-state index in [-0.39, 0.29) is 12.3 Å². The van der Waals surface area contributed by atoms with Crippen LogP contribution in [0.5, 0.6) is 0 Å². The second-order valence-corrected chi connectivity index (χ2v) is 5.09. The highest BCUT2D eigenvalue weighted by molar-refractivity contribution is 5.91. The first-order valence-corrected chi connectivity index (χ1v) is 6.06. The molecule has 0 aliphatic rings. The van der Waals surface area contributed by atoms with Crippen LogP contribution in [0.2, 0.25) is 0 Å². The Hall–Kier alpha value is -2.64. The van der Waals surface area contributed by atoms with E-state index >= 15 is 0 Å². The van der Waals surface area contributed by atoms with Crippen LogP contribution in [-0.4, -0.2) is 27.5 Å². The van der Waals surface area contributed by atoms with Crippen molar-refractivity contribution in [3.63, 3.8) is 0 Å². The lowest BCUT2D eigenvalue weighted by Crippen LogP contribution is -2.23. The summed E-state index contributed by atoms with van der Waals surface area (Å²) < 4.78 is 9.72. The van der Waals surface area contributed by atoms with Crippen LogP contribution in [0.4, 0.5) is 0 Å². The van der Waals surface area contributed by atoms with E-state index in [9.17, 15) is 19.2 Å². The van der Waals surface area contributed by atoms with Gasteiger partial charge in [0.2, 0.25) is 0 Å². The molecule has 0 saturated carbocycles. The average molecular weight is 296 g/mol. The molecular formula is C13H16N2O6. The van der Waals surface area contributed by atoms with Crippen molar-refractivity contribution in [2.75, 3.05) is 0 Å². The molecule has 0 unspecified atom stereocenters. The summed E-state index contributed by atoms with van der Waals surface area (Å²) in [5, 5.41) is 0. The van der Waals surface area contributed by atoms with Crippen molar-refractivity contribution in [3.8, 4) is 0 Å². The smallest absolute Gasteiger partial charge is 0.331 e. The number of H-pyrrole nitrogens is 2. The van der Waals surface area contributed by atoms with Gasteiger partial charge in [-0.3, -0.25) is 9.78 Å². The summed E-state index contributed by atoms with van der Waals surface area (Å²) in [6, 6.07) is 1.09. The van der Waals surface area contributed by atoms with E-state index in [1.807, 2.05) is 4.98 Å². The van der Waals surface area contributed by atoms with Crippen molar-refractivity contribution in [1.82, 2.24) is 9.97 Å². The van der Waals surface area contributed by atoms with Gasteiger partial charge < -0.3 is 14.5 Å². The van der Waals surface area contributed by atoms with Crippen LogP contribution in [0.3, 0.4) is 0 Å². The van der Waals surface area contributed by atoms with Crippen molar-refractivity contribution in [1.29, 1.82) is 0 Å². The van der Waals surface area contributed by atoms with Crippen LogP contribution in [0, 0.1) is 0 Å². The van der Waals surface area contributed by atoms with Crippen LogP contribution < -0.4 is 11.2 Å². The average Bonchev–Trinajstić information content (AvgIpc) is 2.30. The number of aromatic nitrogens is 2. The lowest BCUT2D eigenvalue weighted by Gasteiger charge is -2.17. The van der Waals surface area contributed by atoms with Crippen LogP contribution in [0.15, 0.2) is 27.8 Å². The Balaban J connectivity index is 2.53. The van der Waals surface area contributed by atoms with E-state index in [1.54, 1.807) is 20.8 Å². The summed E-state index contributed by atoms with van der Waals surface area (Å²) in [4.78, 5) is 48.9. The van der Waals surface area contributed by atoms with Gasteiger partial charge in [0.1, 0.15) is 12.2 Å². The predicted molar refractivity (Wildman–Crippen MR) is 72.5 cm³/mol. The maximum Gasteiger partial charge on any atom is 0.331 e. The number of rotatable bonds is 4. The largest absolute Gasteiger partial charge is 0.457 e. The number of hydrogen-bond donors (Lipinski definition) is 2. The van der Waals surface area contributed by atoms with Gasteiger partial charge in [-0.05, 0) is 20.8 Å². The fraction of sp³-hybridized carbons (Fsp3) is 0.385. The molecule has 0 spiro atoms. The minimum atomic E-state index is -0.804. The quantitative estimate of drug-likeness (QED) is 0.596. The molecule has 0 bridgehead atoms. The van der Waals surface area contributed by atoms with Crippen LogP contribution in [-0.2, 0) is 25.7 Å². The van der Waals surface area contributed by atoms with E-state index in [2.05, 4.69) is 4.98 Å². The molecule has 0 amide bonds. The maximum absolute atomic E-state index is 11.4. The fourth-order valence-electron chi connectivity index (χ4n) is 1.27. The highest BCUT2D eigenvalue weighted by atomic mass is 16.6. The number of esters is 2. The number of carbonyl (C=O) groups excluding carboxylic acids is 2. The molecule has 21 heavy (non-hydrogen) atoms. The lowest BCUT2D eigenvalue weighted by atomic mass is 10.2. The number of hydrogen-bond acceptors (Lipinski definition) is 6. The van der Waals surface area contributed by atoms with Crippen molar-refractivity contribution >= 4 is 11.9 Å². The van der Waals surface area contributed by atoms with Crippen molar-refractivity contribution in [3.05, 3.63) is 44.8 Å². The van der Waals surface area contributed by atoms with Gasteiger partial charge in [-0.25, -0.2) is 14.4 Å². The zero-order chi connectivity index (χ0) is 16.0. The number of ether oxygens (including phenoxy) is 2. The lowest BCUT2D eigenvalue weighted by molar-refractivity contribution is -0.149. The van der Waals surface area contributed by atoms with Gasteiger partial charge in [-0.2, -0.15) is 0 Å². The molecule has 0 saturated heterocycles. The molecule has 8 nitrogen and oxygen atoms in total. The summed E-state index contributed by atoms with van der Waals surface area (Å²) in [5.41, 5.74) is -1.81. The maximum atomic E-state index is 11.4. The Morgan fingerprint density at radius 1 is 1.14 bits per heavy atom. The second kappa shape index (κ2) is 6.69. The molecule has 1 heterocycles. The van der Waals surface area contributed by atoms with E-state index < -0.39 is 28.8 Å².